The van der Waals surface area contributed by atoms with Crippen molar-refractivity contribution in [2.45, 2.75) is 19.4 Å². The lowest BCUT2D eigenvalue weighted by Crippen LogP contribution is -2.21. The smallest absolute Gasteiger partial charge is 0.222 e. The Bertz CT molecular complexity index is 1100. The molecule has 0 saturated carbocycles. The normalized spacial score (nSPS) is 15.0. The van der Waals surface area contributed by atoms with E-state index in [2.05, 4.69) is 15.5 Å². The van der Waals surface area contributed by atoms with Crippen LogP contribution in [0.2, 0.25) is 5.02 Å². The lowest BCUT2D eigenvalue weighted by Gasteiger charge is -2.14. The molecule has 0 spiro atoms. The summed E-state index contributed by atoms with van der Waals surface area (Å²) in [5, 5.41) is 11.9. The molecule has 148 valence electrons. The number of nitrogens with one attached hydrogen (secondary N) is 1. The Kier molecular flexibility index (Phi) is 5.07. The molecule has 1 aromatic heterocycles. The molecule has 0 radical (unpaired) electrons. The van der Waals surface area contributed by atoms with Gasteiger partial charge in [-0.1, -0.05) is 23.7 Å². The van der Waals surface area contributed by atoms with E-state index in [-0.39, 0.29) is 12.3 Å². The fourth-order valence-electron chi connectivity index (χ4n) is 3.45. The van der Waals surface area contributed by atoms with E-state index in [1.54, 1.807) is 14.2 Å². The number of aromatic nitrogens is 3. The Hall–Kier alpha value is -3.19. The number of amides is 1. The molecule has 0 fully saturated rings. The molecule has 1 aliphatic heterocycles. The Labute approximate surface area is 173 Å². The summed E-state index contributed by atoms with van der Waals surface area (Å²) in [6.07, 6.45) is 0.164. The monoisotopic (exact) mass is 409 g/mol. The molecule has 0 bridgehead atoms. The molecular formula is C21H20ClN5O2. The van der Waals surface area contributed by atoms with Crippen molar-refractivity contribution in [2.24, 2.45) is 4.99 Å². The van der Waals surface area contributed by atoms with E-state index in [0.29, 0.717) is 16.6 Å². The van der Waals surface area contributed by atoms with Gasteiger partial charge < -0.3 is 10.1 Å². The van der Waals surface area contributed by atoms with Gasteiger partial charge in [0.1, 0.15) is 17.6 Å². The predicted molar refractivity (Wildman–Crippen MR) is 111 cm³/mol. The maximum absolute atomic E-state index is 12.2. The van der Waals surface area contributed by atoms with E-state index >= 15 is 0 Å². The number of halogens is 1. The van der Waals surface area contributed by atoms with Crippen LogP contribution in [0.25, 0.3) is 5.69 Å². The average Bonchev–Trinajstić information content (AvgIpc) is 3.06. The van der Waals surface area contributed by atoms with E-state index in [4.69, 9.17) is 21.3 Å². The van der Waals surface area contributed by atoms with Crippen molar-refractivity contribution in [3.63, 3.8) is 0 Å². The third kappa shape index (κ3) is 3.49. The minimum atomic E-state index is -0.486. The topological polar surface area (TPSA) is 81.4 Å². The highest BCUT2D eigenvalue weighted by Crippen LogP contribution is 2.34. The van der Waals surface area contributed by atoms with E-state index in [0.717, 1.165) is 28.4 Å². The second-order valence-corrected chi connectivity index (χ2v) is 7.14. The molecule has 1 atom stereocenters. The summed E-state index contributed by atoms with van der Waals surface area (Å²) in [5.41, 5.74) is 3.39. The highest BCUT2D eigenvalue weighted by Gasteiger charge is 2.29. The zero-order valence-corrected chi connectivity index (χ0v) is 17.1. The van der Waals surface area contributed by atoms with Gasteiger partial charge in [-0.15, -0.1) is 10.2 Å². The maximum atomic E-state index is 12.2. The zero-order valence-electron chi connectivity index (χ0n) is 16.3. The average molecular weight is 410 g/mol. The number of carbonyl (C=O) groups excluding carboxylic acids is 1. The van der Waals surface area contributed by atoms with Gasteiger partial charge >= 0.3 is 0 Å². The number of rotatable bonds is 4. The van der Waals surface area contributed by atoms with E-state index in [1.807, 2.05) is 54.0 Å². The first-order valence-corrected chi connectivity index (χ1v) is 9.54. The molecule has 3 aromatic rings. The van der Waals surface area contributed by atoms with Gasteiger partial charge in [0.15, 0.2) is 5.82 Å². The van der Waals surface area contributed by atoms with Crippen molar-refractivity contribution >= 4 is 23.2 Å². The summed E-state index contributed by atoms with van der Waals surface area (Å²) in [5.74, 6) is 1.94. The predicted octanol–water partition coefficient (Wildman–Crippen LogP) is 3.27. The standard InChI is InChI=1S/C21H20ClN5O2/c1-12-25-26-21-17(11-19(28)23-2)24-20(13-4-6-14(22)7-5-13)16-10-15(29-3)8-9-18(16)27(12)21/h4-10,17H,11H2,1-3H3,(H,23,28)/t17-/m0/s1. The highest BCUT2D eigenvalue weighted by molar-refractivity contribution is 6.30. The molecular weight excluding hydrogens is 390 g/mol. The molecule has 1 aliphatic rings. The minimum absolute atomic E-state index is 0.120. The number of aryl methyl sites for hydroxylation is 1. The van der Waals surface area contributed by atoms with Crippen LogP contribution >= 0.6 is 11.6 Å². The molecule has 7 nitrogen and oxygen atoms in total. The fraction of sp³-hybridized carbons (Fsp3) is 0.238. The van der Waals surface area contributed by atoms with Gasteiger partial charge in [-0.25, -0.2) is 0 Å². The summed E-state index contributed by atoms with van der Waals surface area (Å²) in [6, 6.07) is 12.8. The second kappa shape index (κ2) is 7.67. The Morgan fingerprint density at radius 2 is 1.97 bits per heavy atom. The molecule has 2 aromatic carbocycles. The number of fused-ring (bicyclic) bond motifs is 3. The Morgan fingerprint density at radius 1 is 1.21 bits per heavy atom. The van der Waals surface area contributed by atoms with Crippen LogP contribution in [0, 0.1) is 6.92 Å². The number of aliphatic imine (C=N–C) groups is 1. The van der Waals surface area contributed by atoms with Gasteiger partial charge in [0, 0.05) is 23.2 Å². The maximum Gasteiger partial charge on any atom is 0.222 e. The van der Waals surface area contributed by atoms with Crippen LogP contribution in [-0.2, 0) is 4.79 Å². The lowest BCUT2D eigenvalue weighted by molar-refractivity contribution is -0.121. The summed E-state index contributed by atoms with van der Waals surface area (Å²) in [7, 11) is 3.24. The first-order valence-electron chi connectivity index (χ1n) is 9.17. The van der Waals surface area contributed by atoms with E-state index < -0.39 is 6.04 Å². The Balaban J connectivity index is 1.99. The third-order valence-electron chi connectivity index (χ3n) is 4.91. The number of hydrogen-bond donors (Lipinski definition) is 1. The quantitative estimate of drug-likeness (QED) is 0.717. The van der Waals surface area contributed by atoms with Crippen LogP contribution in [-0.4, -0.2) is 40.5 Å². The summed E-state index contributed by atoms with van der Waals surface area (Å²) in [4.78, 5) is 17.2. The molecule has 0 unspecified atom stereocenters. The molecule has 1 N–H and O–H groups in total. The Morgan fingerprint density at radius 3 is 2.66 bits per heavy atom. The zero-order chi connectivity index (χ0) is 20.5. The molecule has 0 saturated heterocycles. The second-order valence-electron chi connectivity index (χ2n) is 6.70. The molecule has 0 aliphatic carbocycles. The van der Waals surface area contributed by atoms with Gasteiger partial charge in [-0.2, -0.15) is 0 Å². The third-order valence-corrected chi connectivity index (χ3v) is 5.16. The van der Waals surface area contributed by atoms with Crippen LogP contribution in [0.1, 0.15) is 35.2 Å². The van der Waals surface area contributed by atoms with E-state index in [9.17, 15) is 4.79 Å². The van der Waals surface area contributed by atoms with Crippen molar-refractivity contribution in [3.05, 3.63) is 70.3 Å². The first-order chi connectivity index (χ1) is 14.0. The van der Waals surface area contributed by atoms with Crippen molar-refractivity contribution in [1.82, 2.24) is 20.1 Å². The van der Waals surface area contributed by atoms with Gasteiger partial charge in [-0.05, 0) is 37.3 Å². The number of benzene rings is 2. The molecule has 8 heteroatoms. The van der Waals surface area contributed by atoms with Crippen molar-refractivity contribution in [1.29, 1.82) is 0 Å². The summed E-state index contributed by atoms with van der Waals surface area (Å²) >= 11 is 6.09. The van der Waals surface area contributed by atoms with Crippen LogP contribution in [0.4, 0.5) is 0 Å². The van der Waals surface area contributed by atoms with Crippen molar-refractivity contribution in [3.8, 4) is 11.4 Å². The first kappa shape index (κ1) is 19.1. The summed E-state index contributed by atoms with van der Waals surface area (Å²) < 4.78 is 7.41. The number of methoxy groups -OCH3 is 1. The van der Waals surface area contributed by atoms with Crippen LogP contribution in [0.15, 0.2) is 47.5 Å². The number of carbonyl (C=O) groups is 1. The van der Waals surface area contributed by atoms with Crippen molar-refractivity contribution in [2.75, 3.05) is 14.2 Å². The van der Waals surface area contributed by atoms with E-state index in [1.165, 1.54) is 0 Å². The molecule has 2 heterocycles. The van der Waals surface area contributed by atoms with Gasteiger partial charge in [0.25, 0.3) is 0 Å². The van der Waals surface area contributed by atoms with Gasteiger partial charge in [0.2, 0.25) is 5.91 Å². The molecule has 29 heavy (non-hydrogen) atoms. The van der Waals surface area contributed by atoms with Crippen LogP contribution in [0.3, 0.4) is 0 Å². The lowest BCUT2D eigenvalue weighted by atomic mass is 10.00. The number of ether oxygens (including phenoxy) is 1. The fourth-order valence-corrected chi connectivity index (χ4v) is 3.58. The largest absolute Gasteiger partial charge is 0.497 e. The number of hydrogen-bond acceptors (Lipinski definition) is 5. The van der Waals surface area contributed by atoms with Crippen molar-refractivity contribution < 1.29 is 9.53 Å². The molecule has 1 amide bonds. The SMILES string of the molecule is CNC(=O)C[C@@H]1N=C(c2ccc(Cl)cc2)c2cc(OC)ccc2-n2c(C)nnc21. The number of nitrogens with zero attached hydrogens (tertiary/aromatic N) is 4. The highest BCUT2D eigenvalue weighted by atomic mass is 35.5. The van der Waals surface area contributed by atoms with Gasteiger partial charge in [0.05, 0.1) is 24.9 Å². The van der Waals surface area contributed by atoms with Gasteiger partial charge in [-0.3, -0.25) is 14.4 Å². The summed E-state index contributed by atoms with van der Waals surface area (Å²) in [6.45, 7) is 1.88. The minimum Gasteiger partial charge on any atom is -0.497 e. The van der Waals surface area contributed by atoms with Crippen LogP contribution in [0.5, 0.6) is 5.75 Å². The molecule has 4 rings (SSSR count). The van der Waals surface area contributed by atoms with Crippen LogP contribution < -0.4 is 10.1 Å².